The molecule has 2 unspecified atom stereocenters. The summed E-state index contributed by atoms with van der Waals surface area (Å²) in [6, 6.07) is 11.8. The van der Waals surface area contributed by atoms with Gasteiger partial charge in [0.05, 0.1) is 17.8 Å². The van der Waals surface area contributed by atoms with E-state index in [0.717, 1.165) is 43.1 Å². The highest BCUT2D eigenvalue weighted by Crippen LogP contribution is 2.93. The quantitative estimate of drug-likeness (QED) is 0.429. The predicted molar refractivity (Wildman–Crippen MR) is 151 cm³/mol. The van der Waals surface area contributed by atoms with Gasteiger partial charge < -0.3 is 9.84 Å². The summed E-state index contributed by atoms with van der Waals surface area (Å²) in [5, 5.41) is 10.2. The fourth-order valence-electron chi connectivity index (χ4n) is 12.4. The molecule has 1 aromatic carbocycles. The van der Waals surface area contributed by atoms with Crippen molar-refractivity contribution in [3.8, 4) is 0 Å². The fourth-order valence-corrected chi connectivity index (χ4v) is 12.4. The van der Waals surface area contributed by atoms with Gasteiger partial charge in [0, 0.05) is 30.5 Å². The Hall–Kier alpha value is -1.16. The van der Waals surface area contributed by atoms with Gasteiger partial charge in [0.15, 0.2) is 0 Å². The van der Waals surface area contributed by atoms with Crippen molar-refractivity contribution < 1.29 is 9.84 Å². The van der Waals surface area contributed by atoms with Crippen LogP contribution in [0.1, 0.15) is 90.5 Å². The average molecular weight is 516 g/mol. The topological polar surface area (TPSA) is 32.7 Å². The SMILES string of the molecule is CCC[C@H]1[C@@H]2CC[C@@]34O[C@@H]5C[C@H](C)CN(Cc6ccccc6)[C@H]5[C@H]3CC43CC23C[C@@H]1[C@]1(C)C=C[C@@H](O)CC1. The van der Waals surface area contributed by atoms with Gasteiger partial charge in [-0.15, -0.1) is 0 Å². The van der Waals surface area contributed by atoms with E-state index in [-0.39, 0.29) is 17.1 Å². The first-order valence-corrected chi connectivity index (χ1v) is 16.2. The monoisotopic (exact) mass is 515 g/mol. The molecular formula is C35H49NO2. The van der Waals surface area contributed by atoms with Crippen molar-refractivity contribution in [2.45, 2.75) is 115 Å². The number of ether oxygens (including phenoxy) is 1. The molecule has 1 aromatic rings. The van der Waals surface area contributed by atoms with Gasteiger partial charge in [-0.2, -0.15) is 0 Å². The maximum absolute atomic E-state index is 10.2. The van der Waals surface area contributed by atoms with Gasteiger partial charge in [-0.3, -0.25) is 4.90 Å². The molecule has 6 fully saturated rings. The summed E-state index contributed by atoms with van der Waals surface area (Å²) < 4.78 is 7.47. The maximum atomic E-state index is 10.2. The summed E-state index contributed by atoms with van der Waals surface area (Å²) >= 11 is 0. The van der Waals surface area contributed by atoms with Gasteiger partial charge in [-0.05, 0) is 91.4 Å². The molecular weight excluding hydrogens is 466 g/mol. The van der Waals surface area contributed by atoms with E-state index < -0.39 is 0 Å². The summed E-state index contributed by atoms with van der Waals surface area (Å²) in [5.41, 5.74) is 2.91. The number of piperidine rings is 1. The van der Waals surface area contributed by atoms with Crippen LogP contribution in [0.25, 0.3) is 0 Å². The molecule has 2 heterocycles. The minimum absolute atomic E-state index is 0.170. The summed E-state index contributed by atoms with van der Waals surface area (Å²) in [6.07, 6.45) is 17.9. The van der Waals surface area contributed by atoms with E-state index in [1.54, 1.807) is 0 Å². The lowest BCUT2D eigenvalue weighted by atomic mass is 9.47. The minimum Gasteiger partial charge on any atom is -0.389 e. The lowest BCUT2D eigenvalue weighted by molar-refractivity contribution is -0.211. The third kappa shape index (κ3) is 3.03. The fraction of sp³-hybridized carbons (Fsp3) is 0.771. The molecule has 4 saturated carbocycles. The van der Waals surface area contributed by atoms with Crippen LogP contribution >= 0.6 is 0 Å². The highest BCUT2D eigenvalue weighted by Gasteiger charge is 2.91. The van der Waals surface area contributed by atoms with Crippen molar-refractivity contribution in [2.75, 3.05) is 6.54 Å². The van der Waals surface area contributed by atoms with Gasteiger partial charge in [0.25, 0.3) is 0 Å². The Morgan fingerprint density at radius 2 is 1.89 bits per heavy atom. The smallest absolute Gasteiger partial charge is 0.0793 e. The van der Waals surface area contributed by atoms with Gasteiger partial charge in [-0.25, -0.2) is 0 Å². The number of rotatable bonds is 5. The van der Waals surface area contributed by atoms with Gasteiger partial charge in [0.2, 0.25) is 0 Å². The van der Waals surface area contributed by atoms with Crippen molar-refractivity contribution in [3.63, 3.8) is 0 Å². The van der Waals surface area contributed by atoms with Crippen molar-refractivity contribution in [3.05, 3.63) is 48.0 Å². The number of hydrogen-bond acceptors (Lipinski definition) is 3. The molecule has 1 N–H and O–H groups in total. The number of benzene rings is 1. The number of aliphatic hydroxyl groups is 1. The first-order valence-electron chi connectivity index (χ1n) is 16.2. The Morgan fingerprint density at radius 1 is 1.05 bits per heavy atom. The predicted octanol–water partition coefficient (Wildman–Crippen LogP) is 6.99. The molecule has 3 heteroatoms. The number of allylic oxidation sites excluding steroid dienone is 1. The van der Waals surface area contributed by atoms with Crippen LogP contribution < -0.4 is 0 Å². The second-order valence-electron chi connectivity index (χ2n) is 15.4. The standard InChI is InChI=1S/C35H49NO2/c1-4-8-26-27-13-16-35-29(31-30(38-35)17-23(2)20-36(31)21-24-9-6-5-7-10-24)19-34(35)22-33(27,34)18-28(26)32(3)14-11-25(37)12-15-32/h5-7,9-11,14,23,25-31,37H,4,8,12-13,15-22H2,1-3H3/t23-,25+,26-,27-,28-,29+,30+,31-,32+,33?,34?,35+/m0/s1. The zero-order chi connectivity index (χ0) is 25.9. The highest BCUT2D eigenvalue weighted by atomic mass is 16.5. The highest BCUT2D eigenvalue weighted by molar-refractivity contribution is 5.40. The Bertz CT molecular complexity index is 1120. The van der Waals surface area contributed by atoms with Gasteiger partial charge in [0.1, 0.15) is 0 Å². The third-order valence-corrected chi connectivity index (χ3v) is 13.7. The number of aliphatic hydroxyl groups excluding tert-OH is 1. The van der Waals surface area contributed by atoms with E-state index in [1.807, 2.05) is 0 Å². The van der Waals surface area contributed by atoms with Crippen LogP contribution in [0.3, 0.4) is 0 Å². The lowest BCUT2D eigenvalue weighted by Crippen LogP contribution is -2.64. The van der Waals surface area contributed by atoms with Crippen LogP contribution in [0.4, 0.5) is 0 Å². The first-order chi connectivity index (χ1) is 18.3. The molecule has 38 heavy (non-hydrogen) atoms. The average Bonchev–Trinajstić information content (AvgIpc) is 3.40. The summed E-state index contributed by atoms with van der Waals surface area (Å²) in [7, 11) is 0. The molecule has 3 nitrogen and oxygen atoms in total. The van der Waals surface area contributed by atoms with Crippen molar-refractivity contribution in [1.82, 2.24) is 4.90 Å². The Labute approximate surface area is 230 Å². The second kappa shape index (κ2) is 8.20. The summed E-state index contributed by atoms with van der Waals surface area (Å²) in [6.45, 7) is 9.70. The summed E-state index contributed by atoms with van der Waals surface area (Å²) in [5.74, 6) is 4.00. The van der Waals surface area contributed by atoms with Crippen LogP contribution in [-0.2, 0) is 11.3 Å². The van der Waals surface area contributed by atoms with E-state index in [0.29, 0.717) is 28.9 Å². The van der Waals surface area contributed by atoms with Crippen molar-refractivity contribution in [2.24, 2.45) is 45.8 Å². The minimum atomic E-state index is -0.228. The molecule has 7 aliphatic rings. The molecule has 2 aliphatic heterocycles. The van der Waals surface area contributed by atoms with Crippen LogP contribution in [0.15, 0.2) is 42.5 Å². The zero-order valence-electron chi connectivity index (χ0n) is 23.9. The van der Waals surface area contributed by atoms with Crippen molar-refractivity contribution >= 4 is 0 Å². The van der Waals surface area contributed by atoms with Crippen LogP contribution in [-0.4, -0.2) is 40.4 Å². The third-order valence-electron chi connectivity index (χ3n) is 13.7. The maximum Gasteiger partial charge on any atom is 0.0793 e. The van der Waals surface area contributed by atoms with Gasteiger partial charge >= 0.3 is 0 Å². The number of hydrogen-bond donors (Lipinski definition) is 1. The molecule has 8 rings (SSSR count). The number of nitrogens with zero attached hydrogens (tertiary/aromatic N) is 1. The molecule has 0 amide bonds. The number of likely N-dealkylation sites (tertiary alicyclic amines) is 1. The van der Waals surface area contributed by atoms with Crippen molar-refractivity contribution in [1.29, 1.82) is 0 Å². The van der Waals surface area contributed by atoms with E-state index in [2.05, 4.69) is 68.2 Å². The largest absolute Gasteiger partial charge is 0.389 e. The Balaban J connectivity index is 1.10. The van der Waals surface area contributed by atoms with E-state index in [9.17, 15) is 5.11 Å². The molecule has 2 saturated heterocycles. The normalized spacial score (nSPS) is 54.3. The van der Waals surface area contributed by atoms with E-state index >= 15 is 0 Å². The Kier molecular flexibility index (Phi) is 5.31. The lowest BCUT2D eigenvalue weighted by Gasteiger charge is -2.60. The molecule has 0 aromatic heterocycles. The zero-order valence-corrected chi connectivity index (χ0v) is 23.9. The Morgan fingerprint density at radius 3 is 2.66 bits per heavy atom. The first kappa shape index (κ1) is 24.6. The molecule has 3 spiro atoms. The molecule has 0 radical (unpaired) electrons. The van der Waals surface area contributed by atoms with Crippen LogP contribution in [0, 0.1) is 45.8 Å². The molecule has 0 bridgehead atoms. The molecule has 5 aliphatic carbocycles. The molecule has 12 atom stereocenters. The van der Waals surface area contributed by atoms with Crippen LogP contribution in [0.2, 0.25) is 0 Å². The van der Waals surface area contributed by atoms with Crippen LogP contribution in [0.5, 0.6) is 0 Å². The number of fused-ring (bicyclic) bond motifs is 2. The van der Waals surface area contributed by atoms with E-state index in [4.69, 9.17) is 4.74 Å². The van der Waals surface area contributed by atoms with Gasteiger partial charge in [-0.1, -0.05) is 76.1 Å². The second-order valence-corrected chi connectivity index (χ2v) is 15.4. The molecule has 206 valence electrons. The summed E-state index contributed by atoms with van der Waals surface area (Å²) in [4.78, 5) is 2.85. The van der Waals surface area contributed by atoms with E-state index in [1.165, 1.54) is 63.5 Å².